The second kappa shape index (κ2) is 6.23. The second-order valence-corrected chi connectivity index (χ2v) is 4.82. The molecule has 0 atom stereocenters. The fraction of sp³-hybridized carbons (Fsp3) is 0.0588. The van der Waals surface area contributed by atoms with E-state index in [4.69, 9.17) is 4.74 Å². The van der Waals surface area contributed by atoms with Gasteiger partial charge in [-0.3, -0.25) is 9.59 Å². The van der Waals surface area contributed by atoms with Crippen molar-refractivity contribution in [2.24, 2.45) is 0 Å². The summed E-state index contributed by atoms with van der Waals surface area (Å²) in [6.45, 7) is 0. The molecular weight excluding hydrogens is 294 g/mol. The van der Waals surface area contributed by atoms with Crippen LogP contribution in [0.4, 0.5) is 11.4 Å². The van der Waals surface area contributed by atoms with Crippen molar-refractivity contribution in [2.45, 2.75) is 0 Å². The molecule has 2 aromatic carbocycles. The van der Waals surface area contributed by atoms with Crippen LogP contribution in [-0.2, 0) is 4.79 Å². The van der Waals surface area contributed by atoms with Crippen molar-refractivity contribution >= 4 is 34.3 Å². The number of hydrogen-bond acceptors (Lipinski definition) is 6. The number of carbonyl (C=O) groups excluding carboxylic acids is 2. The second-order valence-electron chi connectivity index (χ2n) is 4.82. The van der Waals surface area contributed by atoms with Crippen molar-refractivity contribution in [3.63, 3.8) is 0 Å². The lowest BCUT2D eigenvalue weighted by molar-refractivity contribution is -0.104. The summed E-state index contributed by atoms with van der Waals surface area (Å²) in [5.41, 5.74) is 2.20. The molecule has 6 nitrogen and oxygen atoms in total. The molecule has 1 N–H and O–H groups in total. The normalized spacial score (nSPS) is 10.3. The first-order valence-electron chi connectivity index (χ1n) is 6.85. The molecule has 0 saturated carbocycles. The fourth-order valence-corrected chi connectivity index (χ4v) is 2.27. The summed E-state index contributed by atoms with van der Waals surface area (Å²) in [6.07, 6.45) is 3.23. The van der Waals surface area contributed by atoms with Crippen molar-refractivity contribution < 1.29 is 14.3 Å². The maximum absolute atomic E-state index is 11.8. The number of aromatic nitrogens is 2. The van der Waals surface area contributed by atoms with Crippen molar-refractivity contribution in [3.8, 4) is 5.75 Å². The highest BCUT2D eigenvalue weighted by Crippen LogP contribution is 2.25. The lowest BCUT2D eigenvalue weighted by Gasteiger charge is -2.10. The molecule has 3 aromatic rings. The fourth-order valence-electron chi connectivity index (χ4n) is 2.27. The minimum atomic E-state index is -0.618. The first-order valence-corrected chi connectivity index (χ1v) is 6.85. The van der Waals surface area contributed by atoms with E-state index in [1.165, 1.54) is 6.33 Å². The predicted octanol–water partition coefficient (Wildman–Crippen LogP) is 2.76. The summed E-state index contributed by atoms with van der Waals surface area (Å²) in [7, 11) is 1.60. The van der Waals surface area contributed by atoms with Crippen molar-refractivity contribution in [1.82, 2.24) is 9.97 Å². The summed E-state index contributed by atoms with van der Waals surface area (Å²) in [5, 5.41) is 3.86. The SMILES string of the molecule is COc1ccc(Nc2cc(C(=O)C=O)c3ncncc3c2)cc1. The van der Waals surface area contributed by atoms with Crippen LogP contribution < -0.4 is 10.1 Å². The molecule has 0 aliphatic heterocycles. The summed E-state index contributed by atoms with van der Waals surface area (Å²) in [4.78, 5) is 30.7. The highest BCUT2D eigenvalue weighted by molar-refractivity contribution is 6.36. The van der Waals surface area contributed by atoms with Gasteiger partial charge in [0, 0.05) is 23.0 Å². The molecule has 1 aromatic heterocycles. The number of methoxy groups -OCH3 is 1. The number of Topliss-reactive ketones (excluding diaryl/α,β-unsaturated/α-hetero) is 1. The van der Waals surface area contributed by atoms with Gasteiger partial charge in [-0.1, -0.05) is 0 Å². The van der Waals surface area contributed by atoms with Gasteiger partial charge in [-0.15, -0.1) is 0 Å². The number of nitrogens with zero attached hydrogens (tertiary/aromatic N) is 2. The quantitative estimate of drug-likeness (QED) is 0.443. The topological polar surface area (TPSA) is 81.2 Å². The van der Waals surface area contributed by atoms with Crippen molar-refractivity contribution in [3.05, 3.63) is 54.5 Å². The smallest absolute Gasteiger partial charge is 0.227 e. The van der Waals surface area contributed by atoms with Crippen LogP contribution in [0, 0.1) is 0 Å². The Morgan fingerprint density at radius 1 is 1.17 bits per heavy atom. The zero-order valence-electron chi connectivity index (χ0n) is 12.3. The Bertz CT molecular complexity index is 876. The minimum Gasteiger partial charge on any atom is -0.497 e. The third-order valence-electron chi connectivity index (χ3n) is 3.36. The molecule has 0 amide bonds. The Morgan fingerprint density at radius 3 is 2.65 bits per heavy atom. The maximum Gasteiger partial charge on any atom is 0.227 e. The van der Waals surface area contributed by atoms with Gasteiger partial charge < -0.3 is 10.1 Å². The third-order valence-corrected chi connectivity index (χ3v) is 3.36. The number of rotatable bonds is 5. The number of aldehydes is 1. The van der Waals surface area contributed by atoms with E-state index in [9.17, 15) is 9.59 Å². The van der Waals surface area contributed by atoms with E-state index in [0.717, 1.165) is 11.4 Å². The van der Waals surface area contributed by atoms with Crippen LogP contribution in [0.3, 0.4) is 0 Å². The molecule has 1 heterocycles. The van der Waals surface area contributed by atoms with E-state index >= 15 is 0 Å². The van der Waals surface area contributed by atoms with Gasteiger partial charge in [0.25, 0.3) is 0 Å². The largest absolute Gasteiger partial charge is 0.497 e. The number of ether oxygens (including phenoxy) is 1. The number of benzene rings is 2. The van der Waals surface area contributed by atoms with Crippen LogP contribution in [0.5, 0.6) is 5.75 Å². The number of hydrogen-bond donors (Lipinski definition) is 1. The molecular formula is C17H13N3O3. The molecule has 0 fully saturated rings. The van der Waals surface area contributed by atoms with Gasteiger partial charge in [0.05, 0.1) is 18.2 Å². The highest BCUT2D eigenvalue weighted by atomic mass is 16.5. The van der Waals surface area contributed by atoms with Crippen LogP contribution in [0.15, 0.2) is 48.9 Å². The molecule has 0 saturated heterocycles. The molecule has 0 radical (unpaired) electrons. The van der Waals surface area contributed by atoms with Crippen molar-refractivity contribution in [1.29, 1.82) is 0 Å². The van der Waals surface area contributed by atoms with E-state index in [2.05, 4.69) is 15.3 Å². The van der Waals surface area contributed by atoms with Gasteiger partial charge in [-0.2, -0.15) is 0 Å². The van der Waals surface area contributed by atoms with E-state index in [-0.39, 0.29) is 11.8 Å². The van der Waals surface area contributed by atoms with Crippen LogP contribution in [0.1, 0.15) is 10.4 Å². The summed E-state index contributed by atoms with van der Waals surface area (Å²) in [5.74, 6) is 0.131. The summed E-state index contributed by atoms with van der Waals surface area (Å²) < 4.78 is 5.11. The van der Waals surface area contributed by atoms with Crippen LogP contribution in [0.2, 0.25) is 0 Å². The zero-order valence-corrected chi connectivity index (χ0v) is 12.3. The van der Waals surface area contributed by atoms with Gasteiger partial charge >= 0.3 is 0 Å². The Kier molecular flexibility index (Phi) is 3.97. The van der Waals surface area contributed by atoms with Gasteiger partial charge in [0.2, 0.25) is 5.78 Å². The lowest BCUT2D eigenvalue weighted by atomic mass is 10.1. The van der Waals surface area contributed by atoms with Crippen LogP contribution >= 0.6 is 0 Å². The monoisotopic (exact) mass is 307 g/mol. The van der Waals surface area contributed by atoms with Crippen LogP contribution in [0.25, 0.3) is 10.9 Å². The molecule has 114 valence electrons. The van der Waals surface area contributed by atoms with E-state index < -0.39 is 5.78 Å². The molecule has 0 spiro atoms. The number of fused-ring (bicyclic) bond motifs is 1. The molecule has 6 heteroatoms. The Morgan fingerprint density at radius 2 is 1.96 bits per heavy atom. The lowest BCUT2D eigenvalue weighted by Crippen LogP contribution is -2.04. The molecule has 0 unspecified atom stereocenters. The average Bonchev–Trinajstić information content (AvgIpc) is 2.61. The molecule has 0 aliphatic rings. The molecule has 0 aliphatic carbocycles. The summed E-state index contributed by atoms with van der Waals surface area (Å²) in [6, 6.07) is 10.8. The van der Waals surface area contributed by atoms with E-state index in [1.807, 2.05) is 30.3 Å². The first-order chi connectivity index (χ1) is 11.2. The predicted molar refractivity (Wildman–Crippen MR) is 86.2 cm³/mol. The van der Waals surface area contributed by atoms with E-state index in [0.29, 0.717) is 16.6 Å². The number of ketones is 1. The number of nitrogens with one attached hydrogen (secondary N) is 1. The van der Waals surface area contributed by atoms with Gasteiger partial charge in [0.15, 0.2) is 6.29 Å². The molecule has 3 rings (SSSR count). The number of anilines is 2. The highest BCUT2D eigenvalue weighted by Gasteiger charge is 2.12. The molecule has 23 heavy (non-hydrogen) atoms. The maximum atomic E-state index is 11.8. The number of carbonyl (C=O) groups is 2. The van der Waals surface area contributed by atoms with Crippen molar-refractivity contribution in [2.75, 3.05) is 12.4 Å². The minimum absolute atomic E-state index is 0.246. The average molecular weight is 307 g/mol. The van der Waals surface area contributed by atoms with E-state index in [1.54, 1.807) is 19.4 Å². The van der Waals surface area contributed by atoms with Crippen LogP contribution in [-0.4, -0.2) is 29.1 Å². The Balaban J connectivity index is 2.03. The third kappa shape index (κ3) is 3.01. The molecule has 0 bridgehead atoms. The zero-order chi connectivity index (χ0) is 16.2. The standard InChI is InChI=1S/C17H13N3O3/c1-23-14-4-2-12(3-5-14)20-13-6-11-8-18-10-19-17(11)15(7-13)16(22)9-21/h2-10,20H,1H3. The summed E-state index contributed by atoms with van der Waals surface area (Å²) >= 11 is 0. The van der Waals surface area contributed by atoms with Gasteiger partial charge in [-0.05, 0) is 36.4 Å². The Labute approximate surface area is 132 Å². The van der Waals surface area contributed by atoms with Gasteiger partial charge in [-0.25, -0.2) is 9.97 Å². The van der Waals surface area contributed by atoms with Gasteiger partial charge in [0.1, 0.15) is 12.1 Å². The first kappa shape index (κ1) is 14.6. The Hall–Kier alpha value is -3.28.